The van der Waals surface area contributed by atoms with Crippen LogP contribution in [0.25, 0.3) is 11.1 Å². The molecule has 3 aromatic rings. The Hall–Kier alpha value is -3.82. The van der Waals surface area contributed by atoms with E-state index in [1.807, 2.05) is 24.3 Å². The first-order chi connectivity index (χ1) is 18.0. The number of amides is 1. The van der Waals surface area contributed by atoms with Gasteiger partial charge in [0, 0.05) is 25.6 Å². The van der Waals surface area contributed by atoms with E-state index in [1.54, 1.807) is 7.11 Å². The highest BCUT2D eigenvalue weighted by Gasteiger charge is 2.35. The van der Waals surface area contributed by atoms with E-state index < -0.39 is 11.7 Å². The molecule has 0 unspecified atom stereocenters. The molecule has 0 bridgehead atoms. The first-order valence-electron chi connectivity index (χ1n) is 12.6. The van der Waals surface area contributed by atoms with Crippen molar-refractivity contribution in [1.29, 1.82) is 0 Å². The van der Waals surface area contributed by atoms with Gasteiger partial charge in [-0.15, -0.1) is 0 Å². The van der Waals surface area contributed by atoms with Crippen LogP contribution in [0.15, 0.2) is 48.5 Å². The van der Waals surface area contributed by atoms with E-state index in [9.17, 15) is 9.59 Å². The lowest BCUT2D eigenvalue weighted by molar-refractivity contribution is -0.136. The second-order valence-electron chi connectivity index (χ2n) is 9.40. The minimum atomic E-state index is -0.619. The zero-order chi connectivity index (χ0) is 25.8. The van der Waals surface area contributed by atoms with Gasteiger partial charge in [0.25, 0.3) is 5.91 Å². The van der Waals surface area contributed by atoms with Crippen LogP contribution >= 0.6 is 0 Å². The van der Waals surface area contributed by atoms with Gasteiger partial charge in [0.2, 0.25) is 5.78 Å². The smallest absolute Gasteiger partial charge is 0.320 e. The first kappa shape index (κ1) is 27.2. The van der Waals surface area contributed by atoms with Crippen molar-refractivity contribution in [1.82, 2.24) is 14.9 Å². The highest BCUT2D eigenvalue weighted by molar-refractivity contribution is 6.43. The molecule has 200 valence electrons. The van der Waals surface area contributed by atoms with E-state index in [4.69, 9.17) is 15.2 Å². The molecule has 0 atom stereocenters. The standard InChI is InChI=1S/C28H31N5O4.CH4/c1-36-14-15-37-28-30-25(29)23-16-24(34)27(35)33(26(23)31-28)18-20-6-10-22(11-7-20)21-8-4-19(5-9-21)17-32-12-2-3-13-32;/h4-11H,2-3,12-18H2,1H3,(H2,29,30,31);1H4. The summed E-state index contributed by atoms with van der Waals surface area (Å²) >= 11 is 0. The van der Waals surface area contributed by atoms with Crippen LogP contribution in [0.3, 0.4) is 0 Å². The highest BCUT2D eigenvalue weighted by atomic mass is 16.5. The van der Waals surface area contributed by atoms with Crippen molar-refractivity contribution in [3.63, 3.8) is 0 Å². The van der Waals surface area contributed by atoms with E-state index in [0.29, 0.717) is 18.0 Å². The molecule has 38 heavy (non-hydrogen) atoms. The number of ketones is 1. The van der Waals surface area contributed by atoms with Crippen molar-refractivity contribution < 1.29 is 19.1 Å². The summed E-state index contributed by atoms with van der Waals surface area (Å²) in [6, 6.07) is 16.7. The molecule has 0 radical (unpaired) electrons. The molecule has 1 aromatic heterocycles. The number of anilines is 2. The molecule has 0 spiro atoms. The van der Waals surface area contributed by atoms with Crippen LogP contribution in [0.5, 0.6) is 6.01 Å². The first-order valence-corrected chi connectivity index (χ1v) is 12.6. The Morgan fingerprint density at radius 1 is 0.868 bits per heavy atom. The summed E-state index contributed by atoms with van der Waals surface area (Å²) in [6.07, 6.45) is 2.45. The lowest BCUT2D eigenvalue weighted by Crippen LogP contribution is -2.42. The fourth-order valence-electron chi connectivity index (χ4n) is 4.76. The average molecular weight is 518 g/mol. The molecule has 1 fully saturated rings. The van der Waals surface area contributed by atoms with Gasteiger partial charge in [0.05, 0.1) is 13.2 Å². The van der Waals surface area contributed by atoms with Gasteiger partial charge in [-0.05, 0) is 48.2 Å². The molecule has 9 nitrogen and oxygen atoms in total. The Bertz CT molecular complexity index is 1270. The summed E-state index contributed by atoms with van der Waals surface area (Å²) in [5, 5.41) is 0. The number of benzene rings is 2. The van der Waals surface area contributed by atoms with Crippen LogP contribution in [0.4, 0.5) is 11.6 Å². The van der Waals surface area contributed by atoms with Crippen molar-refractivity contribution >= 4 is 23.3 Å². The third kappa shape index (κ3) is 6.00. The Morgan fingerprint density at radius 3 is 2.08 bits per heavy atom. The molecular formula is C29H35N5O4. The fraction of sp³-hybridized carbons (Fsp3) is 0.379. The summed E-state index contributed by atoms with van der Waals surface area (Å²) in [4.78, 5) is 37.6. The maximum Gasteiger partial charge on any atom is 0.320 e. The second-order valence-corrected chi connectivity index (χ2v) is 9.40. The van der Waals surface area contributed by atoms with Crippen molar-refractivity contribution in [2.75, 3.05) is 44.0 Å². The largest absolute Gasteiger partial charge is 0.461 e. The van der Waals surface area contributed by atoms with E-state index in [-0.39, 0.29) is 38.8 Å². The predicted molar refractivity (Wildman–Crippen MR) is 147 cm³/mol. The Labute approximate surface area is 223 Å². The van der Waals surface area contributed by atoms with Gasteiger partial charge >= 0.3 is 6.01 Å². The van der Waals surface area contributed by atoms with Gasteiger partial charge in [-0.2, -0.15) is 9.97 Å². The number of nitrogens with two attached hydrogens (primary N) is 1. The molecule has 2 N–H and O–H groups in total. The van der Waals surface area contributed by atoms with E-state index in [1.165, 1.54) is 36.4 Å². The summed E-state index contributed by atoms with van der Waals surface area (Å²) in [7, 11) is 1.56. The topological polar surface area (TPSA) is 111 Å². The molecule has 5 rings (SSSR count). The molecule has 1 amide bonds. The summed E-state index contributed by atoms with van der Waals surface area (Å²) in [5.74, 6) is -0.721. The van der Waals surface area contributed by atoms with Crippen LogP contribution in [-0.4, -0.2) is 60.0 Å². The number of hydrogen-bond acceptors (Lipinski definition) is 8. The normalized spacial score (nSPS) is 15.3. The summed E-state index contributed by atoms with van der Waals surface area (Å²) in [6.45, 7) is 4.13. The minimum Gasteiger partial charge on any atom is -0.461 e. The van der Waals surface area contributed by atoms with E-state index in [0.717, 1.165) is 23.2 Å². The number of carbonyl (C=O) groups excluding carboxylic acids is 2. The predicted octanol–water partition coefficient (Wildman–Crippen LogP) is 3.64. The summed E-state index contributed by atoms with van der Waals surface area (Å²) < 4.78 is 10.5. The van der Waals surface area contributed by atoms with Crippen LogP contribution in [0.1, 0.15) is 37.0 Å². The van der Waals surface area contributed by atoms with Gasteiger partial charge in [0.15, 0.2) is 0 Å². The number of likely N-dealkylation sites (tertiary alicyclic amines) is 1. The Balaban J connectivity index is 0.00000336. The van der Waals surface area contributed by atoms with Crippen LogP contribution in [0, 0.1) is 0 Å². The number of carbonyl (C=O) groups is 2. The molecule has 2 aromatic carbocycles. The van der Waals surface area contributed by atoms with Crippen LogP contribution < -0.4 is 15.4 Å². The van der Waals surface area contributed by atoms with Crippen molar-refractivity contribution in [3.8, 4) is 17.1 Å². The monoisotopic (exact) mass is 517 g/mol. The Kier molecular flexibility index (Phi) is 8.70. The number of ether oxygens (including phenoxy) is 2. The van der Waals surface area contributed by atoms with Crippen molar-refractivity contribution in [2.24, 2.45) is 0 Å². The Morgan fingerprint density at radius 2 is 1.47 bits per heavy atom. The second kappa shape index (κ2) is 12.1. The quantitative estimate of drug-likeness (QED) is 0.338. The molecule has 0 aliphatic carbocycles. The van der Waals surface area contributed by atoms with Crippen molar-refractivity contribution in [2.45, 2.75) is 39.8 Å². The zero-order valence-corrected chi connectivity index (χ0v) is 21.0. The van der Waals surface area contributed by atoms with Crippen molar-refractivity contribution in [3.05, 3.63) is 65.2 Å². The molecule has 9 heteroatoms. The molecule has 3 heterocycles. The van der Waals surface area contributed by atoms with Crippen LogP contribution in [-0.2, 0) is 33.8 Å². The van der Waals surface area contributed by atoms with E-state index >= 15 is 0 Å². The number of nitrogen functional groups attached to an aromatic ring is 1. The van der Waals surface area contributed by atoms with Gasteiger partial charge in [-0.1, -0.05) is 56.0 Å². The third-order valence-corrected chi connectivity index (χ3v) is 6.78. The molecule has 2 aliphatic rings. The van der Waals surface area contributed by atoms with Gasteiger partial charge in [-0.25, -0.2) is 0 Å². The molecule has 1 saturated heterocycles. The minimum absolute atomic E-state index is 0. The average Bonchev–Trinajstić information content (AvgIpc) is 3.42. The van der Waals surface area contributed by atoms with Gasteiger partial charge in [0.1, 0.15) is 18.2 Å². The number of hydrogen-bond donors (Lipinski definition) is 1. The number of Topliss-reactive ketones (excluding diaryl/α,β-unsaturated/α-hetero) is 1. The molecule has 2 aliphatic heterocycles. The van der Waals surface area contributed by atoms with Gasteiger partial charge in [-0.3, -0.25) is 19.4 Å². The maximum absolute atomic E-state index is 12.8. The molecule has 0 saturated carbocycles. The van der Waals surface area contributed by atoms with Crippen LogP contribution in [0.2, 0.25) is 0 Å². The maximum atomic E-state index is 12.8. The molecular weight excluding hydrogens is 482 g/mol. The number of fused-ring (bicyclic) bond motifs is 1. The number of aromatic nitrogens is 2. The highest BCUT2D eigenvalue weighted by Crippen LogP contribution is 2.31. The number of methoxy groups -OCH3 is 1. The number of nitrogens with zero attached hydrogens (tertiary/aromatic N) is 4. The summed E-state index contributed by atoms with van der Waals surface area (Å²) in [5.41, 5.74) is 10.9. The third-order valence-electron chi connectivity index (χ3n) is 6.78. The fourth-order valence-corrected chi connectivity index (χ4v) is 4.76. The lowest BCUT2D eigenvalue weighted by Gasteiger charge is -2.28. The van der Waals surface area contributed by atoms with Gasteiger partial charge < -0.3 is 15.2 Å². The van der Waals surface area contributed by atoms with E-state index in [2.05, 4.69) is 39.1 Å². The lowest BCUT2D eigenvalue weighted by atomic mass is 10.0. The SMILES string of the molecule is C.COCCOc1nc(N)c2c(n1)N(Cc1ccc(-c3ccc(CN4CCCC4)cc3)cc1)C(=O)C(=O)C2. The number of rotatable bonds is 9. The zero-order valence-electron chi connectivity index (χ0n) is 21.0.